The first-order valence-electron chi connectivity index (χ1n) is 5.50. The lowest BCUT2D eigenvalue weighted by Gasteiger charge is -2.01. The fourth-order valence-corrected chi connectivity index (χ4v) is 2.04. The Kier molecular flexibility index (Phi) is 3.97. The molecule has 1 aromatic carbocycles. The Morgan fingerprint density at radius 1 is 1.41 bits per heavy atom. The second-order valence-corrected chi connectivity index (χ2v) is 4.90. The van der Waals surface area contributed by atoms with Gasteiger partial charge in [-0.05, 0) is 18.6 Å². The molecule has 1 N–H and O–H groups in total. The van der Waals surface area contributed by atoms with Crippen molar-refractivity contribution in [3.8, 4) is 0 Å². The number of halogens is 1. The first-order valence-corrected chi connectivity index (χ1v) is 6.29. The van der Waals surface area contributed by atoms with Crippen LogP contribution in [-0.2, 0) is 12.8 Å². The van der Waals surface area contributed by atoms with Crippen molar-refractivity contribution < 1.29 is 9.52 Å². The van der Waals surface area contributed by atoms with Crippen LogP contribution < -0.4 is 0 Å². The van der Waals surface area contributed by atoms with Gasteiger partial charge in [-0.15, -0.1) is 0 Å². The van der Waals surface area contributed by atoms with E-state index in [1.54, 1.807) is 13.1 Å². The third-order valence-electron chi connectivity index (χ3n) is 2.40. The molecule has 0 aliphatic carbocycles. The van der Waals surface area contributed by atoms with Crippen molar-refractivity contribution in [3.05, 3.63) is 52.1 Å². The van der Waals surface area contributed by atoms with E-state index in [1.807, 2.05) is 24.3 Å². The molecule has 2 aromatic rings. The van der Waals surface area contributed by atoms with Gasteiger partial charge in [-0.3, -0.25) is 0 Å². The molecule has 0 amide bonds. The van der Waals surface area contributed by atoms with Gasteiger partial charge >= 0.3 is 0 Å². The van der Waals surface area contributed by atoms with Crippen LogP contribution in [0.3, 0.4) is 0 Å². The number of hydrogen-bond acceptors (Lipinski definition) is 3. The van der Waals surface area contributed by atoms with Gasteiger partial charge in [-0.1, -0.05) is 34.1 Å². The number of aliphatic hydroxyl groups is 1. The van der Waals surface area contributed by atoms with E-state index in [9.17, 15) is 5.11 Å². The Balaban J connectivity index is 2.09. The molecule has 0 spiro atoms. The highest BCUT2D eigenvalue weighted by molar-refractivity contribution is 9.10. The van der Waals surface area contributed by atoms with Gasteiger partial charge in [0.1, 0.15) is 5.76 Å². The number of rotatable bonds is 4. The van der Waals surface area contributed by atoms with Crippen LogP contribution in [-0.4, -0.2) is 16.2 Å². The molecule has 1 atom stereocenters. The van der Waals surface area contributed by atoms with Crippen LogP contribution in [0.2, 0.25) is 0 Å². The zero-order valence-electron chi connectivity index (χ0n) is 9.56. The Morgan fingerprint density at radius 3 is 2.88 bits per heavy atom. The van der Waals surface area contributed by atoms with Gasteiger partial charge in [0.05, 0.1) is 18.7 Å². The minimum Gasteiger partial charge on any atom is -0.445 e. The Bertz CT molecular complexity index is 494. The maximum atomic E-state index is 9.25. The highest BCUT2D eigenvalue weighted by atomic mass is 79.9. The molecule has 0 bridgehead atoms. The maximum Gasteiger partial charge on any atom is 0.198 e. The second kappa shape index (κ2) is 5.47. The normalized spacial score (nSPS) is 12.6. The molecular weight excluding hydrogens is 282 g/mol. The summed E-state index contributed by atoms with van der Waals surface area (Å²) in [6.07, 6.45) is 2.43. The predicted molar refractivity (Wildman–Crippen MR) is 68.8 cm³/mol. The highest BCUT2D eigenvalue weighted by Crippen LogP contribution is 2.19. The first kappa shape index (κ1) is 12.3. The fraction of sp³-hybridized carbons (Fsp3) is 0.308. The second-order valence-electron chi connectivity index (χ2n) is 4.04. The summed E-state index contributed by atoms with van der Waals surface area (Å²) in [6.45, 7) is 1.73. The predicted octanol–water partition coefficient (Wildman–Crippen LogP) is 2.95. The Morgan fingerprint density at radius 2 is 2.18 bits per heavy atom. The van der Waals surface area contributed by atoms with Crippen molar-refractivity contribution >= 4 is 15.9 Å². The molecule has 90 valence electrons. The molecule has 3 nitrogen and oxygen atoms in total. The van der Waals surface area contributed by atoms with Crippen LogP contribution in [0, 0.1) is 0 Å². The van der Waals surface area contributed by atoms with Crippen molar-refractivity contribution in [2.45, 2.75) is 25.9 Å². The van der Waals surface area contributed by atoms with Crippen LogP contribution in [0.15, 0.2) is 39.4 Å². The van der Waals surface area contributed by atoms with Crippen molar-refractivity contribution in [1.82, 2.24) is 4.98 Å². The molecule has 0 aliphatic heterocycles. The van der Waals surface area contributed by atoms with E-state index in [4.69, 9.17) is 4.42 Å². The lowest BCUT2D eigenvalue weighted by atomic mass is 10.1. The van der Waals surface area contributed by atoms with Gasteiger partial charge in [0.25, 0.3) is 0 Å². The van der Waals surface area contributed by atoms with Gasteiger partial charge in [0, 0.05) is 10.9 Å². The summed E-state index contributed by atoms with van der Waals surface area (Å²) in [5, 5.41) is 9.25. The largest absolute Gasteiger partial charge is 0.445 e. The summed E-state index contributed by atoms with van der Waals surface area (Å²) < 4.78 is 6.61. The highest BCUT2D eigenvalue weighted by Gasteiger charge is 2.08. The molecule has 1 unspecified atom stereocenters. The molecule has 0 aliphatic rings. The third-order valence-corrected chi connectivity index (χ3v) is 3.17. The van der Waals surface area contributed by atoms with Gasteiger partial charge in [-0.2, -0.15) is 0 Å². The summed E-state index contributed by atoms with van der Waals surface area (Å²) >= 11 is 3.49. The molecule has 1 aromatic heterocycles. The van der Waals surface area contributed by atoms with E-state index in [-0.39, 0.29) is 0 Å². The van der Waals surface area contributed by atoms with Crippen LogP contribution in [0.1, 0.15) is 24.1 Å². The SMILES string of the molecule is CC(O)Cc1cnc(Cc2ccccc2Br)o1. The van der Waals surface area contributed by atoms with Crippen LogP contribution in [0.4, 0.5) is 0 Å². The molecular formula is C13H14BrNO2. The third kappa shape index (κ3) is 3.41. The zero-order valence-corrected chi connectivity index (χ0v) is 11.1. The molecule has 4 heteroatoms. The molecule has 0 saturated carbocycles. The van der Waals surface area contributed by atoms with Gasteiger partial charge < -0.3 is 9.52 Å². The summed E-state index contributed by atoms with van der Waals surface area (Å²) in [5.74, 6) is 1.40. The van der Waals surface area contributed by atoms with Gasteiger partial charge in [-0.25, -0.2) is 4.98 Å². The molecule has 1 heterocycles. The standard InChI is InChI=1S/C13H14BrNO2/c1-9(16)6-11-8-15-13(17-11)7-10-4-2-3-5-12(10)14/h2-5,8-9,16H,6-7H2,1H3. The summed E-state index contributed by atoms with van der Waals surface area (Å²) in [7, 11) is 0. The van der Waals surface area contributed by atoms with E-state index in [2.05, 4.69) is 20.9 Å². The van der Waals surface area contributed by atoms with Crippen molar-refractivity contribution in [2.75, 3.05) is 0 Å². The molecule has 17 heavy (non-hydrogen) atoms. The van der Waals surface area contributed by atoms with E-state index < -0.39 is 6.10 Å². The molecule has 0 radical (unpaired) electrons. The molecule has 0 fully saturated rings. The smallest absolute Gasteiger partial charge is 0.198 e. The summed E-state index contributed by atoms with van der Waals surface area (Å²) in [5.41, 5.74) is 1.14. The van der Waals surface area contributed by atoms with Crippen LogP contribution >= 0.6 is 15.9 Å². The zero-order chi connectivity index (χ0) is 12.3. The molecule has 2 rings (SSSR count). The van der Waals surface area contributed by atoms with Crippen molar-refractivity contribution in [1.29, 1.82) is 0 Å². The van der Waals surface area contributed by atoms with E-state index in [0.717, 1.165) is 15.8 Å². The number of nitrogens with zero attached hydrogens (tertiary/aromatic N) is 1. The number of benzene rings is 1. The lowest BCUT2D eigenvalue weighted by Crippen LogP contribution is -2.02. The van der Waals surface area contributed by atoms with E-state index in [0.29, 0.717) is 18.7 Å². The topological polar surface area (TPSA) is 46.3 Å². The monoisotopic (exact) mass is 295 g/mol. The minimum atomic E-state index is -0.403. The van der Waals surface area contributed by atoms with Gasteiger partial charge in [0.15, 0.2) is 5.89 Å². The van der Waals surface area contributed by atoms with Crippen LogP contribution in [0.25, 0.3) is 0 Å². The summed E-state index contributed by atoms with van der Waals surface area (Å²) in [6, 6.07) is 7.99. The number of aromatic nitrogens is 1. The Hall–Kier alpha value is -1.13. The fourth-order valence-electron chi connectivity index (χ4n) is 1.62. The number of aliphatic hydroxyl groups excluding tert-OH is 1. The number of oxazole rings is 1. The maximum absolute atomic E-state index is 9.25. The quantitative estimate of drug-likeness (QED) is 0.943. The molecule has 0 saturated heterocycles. The van der Waals surface area contributed by atoms with Crippen LogP contribution in [0.5, 0.6) is 0 Å². The Labute approximate surface area is 109 Å². The number of hydrogen-bond donors (Lipinski definition) is 1. The average molecular weight is 296 g/mol. The first-order chi connectivity index (χ1) is 8.15. The lowest BCUT2D eigenvalue weighted by molar-refractivity contribution is 0.186. The van der Waals surface area contributed by atoms with Gasteiger partial charge in [0.2, 0.25) is 0 Å². The average Bonchev–Trinajstić information content (AvgIpc) is 2.68. The minimum absolute atomic E-state index is 0.403. The van der Waals surface area contributed by atoms with Crippen molar-refractivity contribution in [2.24, 2.45) is 0 Å². The van der Waals surface area contributed by atoms with Crippen molar-refractivity contribution in [3.63, 3.8) is 0 Å². The van der Waals surface area contributed by atoms with E-state index in [1.165, 1.54) is 0 Å². The van der Waals surface area contributed by atoms with E-state index >= 15 is 0 Å². The summed E-state index contributed by atoms with van der Waals surface area (Å²) in [4.78, 5) is 4.21.